The fraction of sp³-hybridized carbons (Fsp3) is 0.0588. The number of H-pyrrole nitrogens is 1. The number of aromatic nitrogens is 2. The summed E-state index contributed by atoms with van der Waals surface area (Å²) in [4.78, 5) is 42.1. The van der Waals surface area contributed by atoms with Crippen LogP contribution in [-0.4, -0.2) is 33.0 Å². The molecule has 0 saturated carbocycles. The van der Waals surface area contributed by atoms with Gasteiger partial charge in [-0.3, -0.25) is 14.7 Å². The summed E-state index contributed by atoms with van der Waals surface area (Å²) in [5.41, 5.74) is 1.96. The minimum Gasteiger partial charge on any atom is -0.324 e. The van der Waals surface area contributed by atoms with Crippen LogP contribution in [0.25, 0.3) is 10.9 Å². The molecule has 0 atom stereocenters. The number of benzene rings is 2. The fourth-order valence-corrected chi connectivity index (χ4v) is 2.75. The molecule has 0 spiro atoms. The van der Waals surface area contributed by atoms with Gasteiger partial charge in [0.2, 0.25) is 0 Å². The Bertz CT molecular complexity index is 987. The van der Waals surface area contributed by atoms with E-state index in [9.17, 15) is 14.4 Å². The predicted octanol–water partition coefficient (Wildman–Crippen LogP) is 2.24. The van der Waals surface area contributed by atoms with Crippen LogP contribution in [0.5, 0.6) is 0 Å². The summed E-state index contributed by atoms with van der Waals surface area (Å²) in [6, 6.07) is 9.79. The number of hydrogen-bond acceptors (Lipinski definition) is 5. The Balaban J connectivity index is 1.69. The number of hydroxylamine groups is 2. The van der Waals surface area contributed by atoms with Gasteiger partial charge in [-0.1, -0.05) is 17.2 Å². The maximum atomic E-state index is 12.5. The number of nitrogens with one attached hydrogen (secondary N) is 1. The monoisotopic (exact) mass is 321 g/mol. The summed E-state index contributed by atoms with van der Waals surface area (Å²) in [7, 11) is 0. The van der Waals surface area contributed by atoms with Gasteiger partial charge in [-0.05, 0) is 36.8 Å². The van der Waals surface area contributed by atoms with Crippen LogP contribution in [0.15, 0.2) is 42.6 Å². The number of aryl methyl sites for hydroxylation is 1. The van der Waals surface area contributed by atoms with Crippen molar-refractivity contribution in [1.82, 2.24) is 15.3 Å². The first kappa shape index (κ1) is 14.1. The van der Waals surface area contributed by atoms with Crippen molar-refractivity contribution >= 4 is 28.7 Å². The molecular formula is C17H11N3O4. The highest BCUT2D eigenvalue weighted by Crippen LogP contribution is 2.25. The van der Waals surface area contributed by atoms with E-state index in [1.54, 1.807) is 24.4 Å². The van der Waals surface area contributed by atoms with Crippen LogP contribution < -0.4 is 0 Å². The molecule has 1 aromatic heterocycles. The third kappa shape index (κ3) is 1.98. The van der Waals surface area contributed by atoms with Crippen molar-refractivity contribution < 1.29 is 19.2 Å². The van der Waals surface area contributed by atoms with Crippen molar-refractivity contribution in [2.45, 2.75) is 6.92 Å². The van der Waals surface area contributed by atoms with Crippen LogP contribution in [0, 0.1) is 6.92 Å². The summed E-state index contributed by atoms with van der Waals surface area (Å²) < 4.78 is 0. The molecule has 3 aromatic rings. The molecule has 2 heterocycles. The Morgan fingerprint density at radius 1 is 1.12 bits per heavy atom. The average molecular weight is 321 g/mol. The molecule has 0 radical (unpaired) electrons. The number of fused-ring (bicyclic) bond motifs is 2. The number of carbonyl (C=O) groups excluding carboxylic acids is 3. The zero-order chi connectivity index (χ0) is 16.8. The zero-order valence-corrected chi connectivity index (χ0v) is 12.6. The first-order chi connectivity index (χ1) is 11.6. The Hall–Kier alpha value is -3.48. The van der Waals surface area contributed by atoms with E-state index in [0.29, 0.717) is 10.6 Å². The topological polar surface area (TPSA) is 92.4 Å². The summed E-state index contributed by atoms with van der Waals surface area (Å²) >= 11 is 0. The van der Waals surface area contributed by atoms with E-state index in [4.69, 9.17) is 4.84 Å². The standard InChI is InChI=1S/C17H11N3O4/c1-9-6-10-8-18-19-14(10)13(7-9)17(23)24-20-15(21)11-4-2-3-5-12(11)16(20)22/h2-8H,1H3,(H,18,19). The Kier molecular flexibility index (Phi) is 2.96. The maximum Gasteiger partial charge on any atom is 0.366 e. The second-order valence-electron chi connectivity index (χ2n) is 5.48. The molecule has 2 aromatic carbocycles. The van der Waals surface area contributed by atoms with Crippen molar-refractivity contribution in [1.29, 1.82) is 0 Å². The van der Waals surface area contributed by atoms with Gasteiger partial charge in [0.15, 0.2) is 0 Å². The third-order valence-electron chi connectivity index (χ3n) is 3.84. The largest absolute Gasteiger partial charge is 0.366 e. The molecule has 7 heteroatoms. The molecule has 0 saturated heterocycles. The number of aromatic amines is 1. The van der Waals surface area contributed by atoms with E-state index in [1.165, 1.54) is 12.1 Å². The minimum absolute atomic E-state index is 0.207. The second-order valence-corrected chi connectivity index (χ2v) is 5.48. The molecule has 2 amide bonds. The van der Waals surface area contributed by atoms with Crippen molar-refractivity contribution in [2.75, 3.05) is 0 Å². The lowest BCUT2D eigenvalue weighted by Crippen LogP contribution is -2.32. The first-order valence-electron chi connectivity index (χ1n) is 7.20. The van der Waals surface area contributed by atoms with Gasteiger partial charge >= 0.3 is 5.97 Å². The van der Waals surface area contributed by atoms with Crippen LogP contribution in [0.1, 0.15) is 36.6 Å². The van der Waals surface area contributed by atoms with Gasteiger partial charge in [-0.25, -0.2) is 4.79 Å². The van der Waals surface area contributed by atoms with Gasteiger partial charge in [0.25, 0.3) is 11.8 Å². The van der Waals surface area contributed by atoms with E-state index >= 15 is 0 Å². The van der Waals surface area contributed by atoms with Crippen molar-refractivity contribution in [3.8, 4) is 0 Å². The molecule has 0 bridgehead atoms. The first-order valence-corrected chi connectivity index (χ1v) is 7.20. The summed E-state index contributed by atoms with van der Waals surface area (Å²) in [5.74, 6) is -2.11. The van der Waals surface area contributed by atoms with Crippen LogP contribution in [-0.2, 0) is 4.84 Å². The van der Waals surface area contributed by atoms with Crippen molar-refractivity contribution in [3.63, 3.8) is 0 Å². The Morgan fingerprint density at radius 2 is 1.79 bits per heavy atom. The molecule has 4 rings (SSSR count). The third-order valence-corrected chi connectivity index (χ3v) is 3.84. The SMILES string of the molecule is Cc1cc(C(=O)ON2C(=O)c3ccccc3C2=O)c2[nH]ncc2c1. The number of carbonyl (C=O) groups is 3. The minimum atomic E-state index is -0.803. The van der Waals surface area contributed by atoms with Gasteiger partial charge in [0, 0.05) is 5.39 Å². The molecule has 7 nitrogen and oxygen atoms in total. The molecule has 1 N–H and O–H groups in total. The molecule has 0 fully saturated rings. The quantitative estimate of drug-likeness (QED) is 0.731. The molecule has 1 aliphatic rings. The lowest BCUT2D eigenvalue weighted by molar-refractivity contribution is -0.0583. The number of amides is 2. The van der Waals surface area contributed by atoms with Crippen molar-refractivity contribution in [3.05, 3.63) is 64.8 Å². The van der Waals surface area contributed by atoms with E-state index < -0.39 is 17.8 Å². The highest BCUT2D eigenvalue weighted by Gasteiger charge is 2.39. The number of imide groups is 1. The fourth-order valence-electron chi connectivity index (χ4n) is 2.75. The highest BCUT2D eigenvalue weighted by molar-refractivity contribution is 6.21. The van der Waals surface area contributed by atoms with E-state index in [0.717, 1.165) is 10.9 Å². The second kappa shape index (κ2) is 5.02. The van der Waals surface area contributed by atoms with Gasteiger partial charge in [0.05, 0.1) is 28.4 Å². The molecule has 0 aliphatic carbocycles. The normalized spacial score (nSPS) is 13.5. The zero-order valence-electron chi connectivity index (χ0n) is 12.6. The van der Waals surface area contributed by atoms with Crippen LogP contribution in [0.2, 0.25) is 0 Å². The highest BCUT2D eigenvalue weighted by atomic mass is 16.7. The lowest BCUT2D eigenvalue weighted by atomic mass is 10.1. The van der Waals surface area contributed by atoms with E-state index in [1.807, 2.05) is 13.0 Å². The van der Waals surface area contributed by atoms with Crippen LogP contribution >= 0.6 is 0 Å². The van der Waals surface area contributed by atoms with Gasteiger partial charge in [0.1, 0.15) is 0 Å². The van der Waals surface area contributed by atoms with Gasteiger partial charge in [-0.2, -0.15) is 5.10 Å². The summed E-state index contributed by atoms with van der Waals surface area (Å²) in [5, 5.41) is 7.86. The number of rotatable bonds is 2. The molecule has 24 heavy (non-hydrogen) atoms. The van der Waals surface area contributed by atoms with E-state index in [2.05, 4.69) is 10.2 Å². The Morgan fingerprint density at radius 3 is 2.46 bits per heavy atom. The Labute approximate surface area is 135 Å². The number of hydrogen-bond donors (Lipinski definition) is 1. The predicted molar refractivity (Wildman–Crippen MR) is 83.2 cm³/mol. The molecule has 118 valence electrons. The summed E-state index contributed by atoms with van der Waals surface area (Å²) in [6.45, 7) is 1.82. The summed E-state index contributed by atoms with van der Waals surface area (Å²) in [6.07, 6.45) is 1.58. The molecule has 0 unspecified atom stereocenters. The number of nitrogens with zero attached hydrogens (tertiary/aromatic N) is 2. The van der Waals surface area contributed by atoms with Crippen LogP contribution in [0.3, 0.4) is 0 Å². The van der Waals surface area contributed by atoms with Gasteiger partial charge < -0.3 is 4.84 Å². The maximum absolute atomic E-state index is 12.5. The molecular weight excluding hydrogens is 310 g/mol. The van der Waals surface area contributed by atoms with E-state index in [-0.39, 0.29) is 16.7 Å². The van der Waals surface area contributed by atoms with Crippen molar-refractivity contribution in [2.24, 2.45) is 0 Å². The molecule has 1 aliphatic heterocycles. The lowest BCUT2D eigenvalue weighted by Gasteiger charge is -2.13. The smallest absolute Gasteiger partial charge is 0.324 e. The average Bonchev–Trinajstić information content (AvgIpc) is 3.13. The van der Waals surface area contributed by atoms with Crippen LogP contribution in [0.4, 0.5) is 0 Å². The van der Waals surface area contributed by atoms with Gasteiger partial charge in [-0.15, -0.1) is 0 Å².